The highest BCUT2D eigenvalue weighted by atomic mass is 32.1. The molecule has 1 amide bonds. The second kappa shape index (κ2) is 9.61. The van der Waals surface area contributed by atoms with Crippen molar-refractivity contribution in [1.82, 2.24) is 9.97 Å². The number of anilines is 1. The Morgan fingerprint density at radius 3 is 2.70 bits per heavy atom. The van der Waals surface area contributed by atoms with E-state index in [0.717, 1.165) is 52.1 Å². The van der Waals surface area contributed by atoms with Gasteiger partial charge in [0.15, 0.2) is 5.13 Å². The van der Waals surface area contributed by atoms with Crippen molar-refractivity contribution in [2.45, 2.75) is 52.4 Å². The summed E-state index contributed by atoms with van der Waals surface area (Å²) in [6.45, 7) is 4.81. The highest BCUT2D eigenvalue weighted by molar-refractivity contribution is 7.21. The van der Waals surface area contributed by atoms with Crippen LogP contribution in [0.3, 0.4) is 0 Å². The number of nitrogens with one attached hydrogen (secondary N) is 1. The van der Waals surface area contributed by atoms with Crippen LogP contribution in [0.15, 0.2) is 35.8 Å². The first-order valence-corrected chi connectivity index (χ1v) is 13.3. The molecule has 0 bridgehead atoms. The quantitative estimate of drug-likeness (QED) is 0.314. The van der Waals surface area contributed by atoms with Gasteiger partial charge in [0, 0.05) is 22.7 Å². The maximum atomic E-state index is 13.3. The van der Waals surface area contributed by atoms with Crippen molar-refractivity contribution in [3.8, 4) is 16.9 Å². The van der Waals surface area contributed by atoms with E-state index in [0.29, 0.717) is 11.7 Å². The van der Waals surface area contributed by atoms with Crippen LogP contribution in [-0.2, 0) is 19.3 Å². The minimum Gasteiger partial charge on any atom is -0.494 e. The van der Waals surface area contributed by atoms with Gasteiger partial charge in [-0.05, 0) is 73.4 Å². The second-order valence-electron chi connectivity index (χ2n) is 8.21. The van der Waals surface area contributed by atoms with E-state index in [1.807, 2.05) is 24.4 Å². The molecule has 0 unspecified atom stereocenters. The van der Waals surface area contributed by atoms with Gasteiger partial charge in [0.05, 0.1) is 11.5 Å². The topological polar surface area (TPSA) is 64.1 Å². The summed E-state index contributed by atoms with van der Waals surface area (Å²) in [7, 11) is 0. The van der Waals surface area contributed by atoms with Crippen molar-refractivity contribution in [2.24, 2.45) is 0 Å². The van der Waals surface area contributed by atoms with Crippen molar-refractivity contribution in [2.75, 3.05) is 11.9 Å². The molecule has 1 N–H and O–H groups in total. The highest BCUT2D eigenvalue weighted by Crippen LogP contribution is 2.43. The standard InChI is InChI=1S/C26H27N3O2S2/c1-3-7-19-22-21(16-10-12-17(13-11-16)31-4-2)18-8-5-6-9-20(18)28-25(22)33-23(19)24(30)29-26-27-14-15-32-26/h10-15H,3-9H2,1-2H3,(H,27,29,30). The zero-order valence-corrected chi connectivity index (χ0v) is 20.6. The minimum atomic E-state index is -0.0907. The molecule has 0 fully saturated rings. The Morgan fingerprint density at radius 1 is 1.15 bits per heavy atom. The molecule has 170 valence electrons. The number of aryl methyl sites for hydroxylation is 2. The molecule has 3 heterocycles. The molecule has 1 aromatic carbocycles. The van der Waals surface area contributed by atoms with Crippen molar-refractivity contribution < 1.29 is 9.53 Å². The Bertz CT molecular complexity index is 1280. The third-order valence-corrected chi connectivity index (χ3v) is 7.84. The predicted octanol–water partition coefficient (Wildman–Crippen LogP) is 6.90. The average molecular weight is 478 g/mol. The highest BCUT2D eigenvalue weighted by Gasteiger charge is 2.26. The number of thiazole rings is 1. The van der Waals surface area contributed by atoms with Crippen molar-refractivity contribution in [3.05, 3.63) is 57.5 Å². The first-order chi connectivity index (χ1) is 16.2. The molecule has 1 aliphatic carbocycles. The number of carbonyl (C=O) groups excluding carboxylic acids is 1. The van der Waals surface area contributed by atoms with Gasteiger partial charge >= 0.3 is 0 Å². The van der Waals surface area contributed by atoms with Gasteiger partial charge in [0.1, 0.15) is 10.6 Å². The largest absolute Gasteiger partial charge is 0.494 e. The van der Waals surface area contributed by atoms with Gasteiger partial charge in [-0.15, -0.1) is 22.7 Å². The number of benzene rings is 1. The molecule has 0 saturated carbocycles. The number of aromatic nitrogens is 2. The van der Waals surface area contributed by atoms with Gasteiger partial charge < -0.3 is 4.74 Å². The molecule has 0 aliphatic heterocycles. The molecule has 33 heavy (non-hydrogen) atoms. The Kier molecular flexibility index (Phi) is 6.42. The van der Waals surface area contributed by atoms with Crippen LogP contribution in [0, 0.1) is 0 Å². The first-order valence-electron chi connectivity index (χ1n) is 11.6. The summed E-state index contributed by atoms with van der Waals surface area (Å²) in [6, 6.07) is 8.39. The van der Waals surface area contributed by atoms with Gasteiger partial charge in [-0.3, -0.25) is 10.1 Å². The van der Waals surface area contributed by atoms with Crippen molar-refractivity contribution >= 4 is 43.9 Å². The number of ether oxygens (including phenoxy) is 1. The van der Waals surface area contributed by atoms with E-state index in [2.05, 4.69) is 29.4 Å². The molecule has 0 spiro atoms. The summed E-state index contributed by atoms with van der Waals surface area (Å²) in [5, 5.41) is 6.62. The molecular weight excluding hydrogens is 450 g/mol. The fourth-order valence-corrected chi connectivity index (χ4v) is 6.33. The number of fused-ring (bicyclic) bond motifs is 2. The number of hydrogen-bond acceptors (Lipinski definition) is 6. The van der Waals surface area contributed by atoms with E-state index in [9.17, 15) is 4.79 Å². The summed E-state index contributed by atoms with van der Waals surface area (Å²) in [6.07, 6.45) is 7.87. The molecule has 0 radical (unpaired) electrons. The zero-order valence-electron chi connectivity index (χ0n) is 18.9. The summed E-state index contributed by atoms with van der Waals surface area (Å²) in [5.41, 5.74) is 6.07. The number of pyridine rings is 1. The summed E-state index contributed by atoms with van der Waals surface area (Å²) >= 11 is 2.95. The van der Waals surface area contributed by atoms with E-state index >= 15 is 0 Å². The van der Waals surface area contributed by atoms with E-state index in [4.69, 9.17) is 9.72 Å². The summed E-state index contributed by atoms with van der Waals surface area (Å²) < 4.78 is 5.68. The molecule has 0 atom stereocenters. The summed E-state index contributed by atoms with van der Waals surface area (Å²) in [4.78, 5) is 24.3. The van der Waals surface area contributed by atoms with Crippen LogP contribution in [-0.4, -0.2) is 22.5 Å². The molecular formula is C26H27N3O2S2. The Balaban J connectivity index is 1.71. The van der Waals surface area contributed by atoms with Crippen LogP contribution < -0.4 is 10.1 Å². The van der Waals surface area contributed by atoms with Crippen molar-refractivity contribution in [3.63, 3.8) is 0 Å². The third kappa shape index (κ3) is 4.27. The molecule has 1 aliphatic rings. The van der Waals surface area contributed by atoms with Crippen LogP contribution in [0.25, 0.3) is 21.3 Å². The lowest BCUT2D eigenvalue weighted by molar-refractivity contribution is 0.103. The number of nitrogens with zero attached hydrogens (tertiary/aromatic N) is 2. The Hall–Kier alpha value is -2.77. The Labute approximate surface area is 201 Å². The first kappa shape index (κ1) is 22.0. The van der Waals surface area contributed by atoms with Gasteiger partial charge in [-0.25, -0.2) is 9.97 Å². The fourth-order valence-electron chi connectivity index (χ4n) is 4.66. The molecule has 5 rings (SSSR count). The number of amides is 1. The normalized spacial score (nSPS) is 13.2. The number of carbonyl (C=O) groups is 1. The number of hydrogen-bond donors (Lipinski definition) is 1. The van der Waals surface area contributed by atoms with Crippen LogP contribution in [0.2, 0.25) is 0 Å². The van der Waals surface area contributed by atoms with Crippen LogP contribution >= 0.6 is 22.7 Å². The van der Waals surface area contributed by atoms with E-state index in [1.54, 1.807) is 6.20 Å². The van der Waals surface area contributed by atoms with Crippen LogP contribution in [0.5, 0.6) is 5.75 Å². The smallest absolute Gasteiger partial charge is 0.267 e. The van der Waals surface area contributed by atoms with Crippen LogP contribution in [0.4, 0.5) is 5.13 Å². The van der Waals surface area contributed by atoms with Gasteiger partial charge in [-0.2, -0.15) is 0 Å². The maximum Gasteiger partial charge on any atom is 0.267 e. The average Bonchev–Trinajstić information content (AvgIpc) is 3.47. The van der Waals surface area contributed by atoms with Gasteiger partial charge in [0.25, 0.3) is 5.91 Å². The monoisotopic (exact) mass is 477 g/mol. The summed E-state index contributed by atoms with van der Waals surface area (Å²) in [5.74, 6) is 0.787. The van der Waals surface area contributed by atoms with Gasteiger partial charge in [-0.1, -0.05) is 25.5 Å². The molecule has 3 aromatic heterocycles. The number of rotatable bonds is 7. The zero-order chi connectivity index (χ0) is 22.8. The van der Waals surface area contributed by atoms with Crippen molar-refractivity contribution in [1.29, 1.82) is 0 Å². The van der Waals surface area contributed by atoms with E-state index in [-0.39, 0.29) is 5.91 Å². The lowest BCUT2D eigenvalue weighted by Crippen LogP contribution is -2.12. The van der Waals surface area contributed by atoms with E-state index < -0.39 is 0 Å². The van der Waals surface area contributed by atoms with Crippen LogP contribution in [0.1, 0.15) is 59.6 Å². The number of thiophene rings is 1. The fraction of sp³-hybridized carbons (Fsp3) is 0.346. The van der Waals surface area contributed by atoms with Gasteiger partial charge in [0.2, 0.25) is 0 Å². The minimum absolute atomic E-state index is 0.0907. The van der Waals surface area contributed by atoms with E-state index in [1.165, 1.54) is 57.9 Å². The molecule has 5 nitrogen and oxygen atoms in total. The lowest BCUT2D eigenvalue weighted by Gasteiger charge is -2.21. The third-order valence-electron chi connectivity index (χ3n) is 6.03. The molecule has 4 aromatic rings. The molecule has 7 heteroatoms. The Morgan fingerprint density at radius 2 is 1.97 bits per heavy atom. The predicted molar refractivity (Wildman–Crippen MR) is 137 cm³/mol. The molecule has 0 saturated heterocycles. The second-order valence-corrected chi connectivity index (χ2v) is 10.1. The maximum absolute atomic E-state index is 13.3. The lowest BCUT2D eigenvalue weighted by atomic mass is 9.86. The SMILES string of the molecule is CCCc1c(C(=O)Nc2nccs2)sc2nc3c(c(-c4ccc(OCC)cc4)c12)CCCC3.